The highest BCUT2D eigenvalue weighted by atomic mass is 16.6. The van der Waals surface area contributed by atoms with E-state index in [0.717, 1.165) is 30.4 Å². The van der Waals surface area contributed by atoms with E-state index in [0.29, 0.717) is 25.9 Å². The van der Waals surface area contributed by atoms with Crippen LogP contribution in [0.5, 0.6) is 0 Å². The van der Waals surface area contributed by atoms with Crippen LogP contribution in [0.2, 0.25) is 0 Å². The molecule has 12 heteroatoms. The van der Waals surface area contributed by atoms with Crippen LogP contribution >= 0.6 is 0 Å². The van der Waals surface area contributed by atoms with Crippen molar-refractivity contribution in [3.63, 3.8) is 0 Å². The number of benzene rings is 1. The second kappa shape index (κ2) is 12.5. The molecule has 44 heavy (non-hydrogen) atoms. The van der Waals surface area contributed by atoms with Crippen LogP contribution in [0.1, 0.15) is 76.8 Å². The van der Waals surface area contributed by atoms with Gasteiger partial charge >= 0.3 is 18.1 Å². The van der Waals surface area contributed by atoms with E-state index in [9.17, 15) is 29.1 Å². The number of nitrogens with one attached hydrogen (secondary N) is 3. The third kappa shape index (κ3) is 7.00. The highest BCUT2D eigenvalue weighted by Gasteiger charge is 2.61. The number of carbonyl (C=O) groups excluding carboxylic acids is 4. The maximum absolute atomic E-state index is 14.1. The molecule has 4 aliphatic rings. The van der Waals surface area contributed by atoms with Gasteiger partial charge in [-0.1, -0.05) is 49.3 Å². The maximum Gasteiger partial charge on any atom is 0.408 e. The molecule has 5 amide bonds. The zero-order chi connectivity index (χ0) is 31.6. The molecule has 1 saturated carbocycles. The number of allylic oxidation sites excluding steroid dienone is 1. The van der Waals surface area contributed by atoms with Crippen molar-refractivity contribution >= 4 is 29.9 Å². The van der Waals surface area contributed by atoms with Crippen LogP contribution in [0.15, 0.2) is 36.4 Å². The molecule has 0 aromatic heterocycles. The predicted molar refractivity (Wildman–Crippen MR) is 160 cm³/mol. The Labute approximate surface area is 257 Å². The van der Waals surface area contributed by atoms with Crippen molar-refractivity contribution in [3.8, 4) is 0 Å². The smallest absolute Gasteiger partial charge is 0.408 e. The summed E-state index contributed by atoms with van der Waals surface area (Å²) in [5, 5.41) is 18.5. The van der Waals surface area contributed by atoms with Crippen LogP contribution in [-0.4, -0.2) is 80.6 Å². The number of rotatable bonds is 3. The molecule has 0 bridgehead atoms. The summed E-state index contributed by atoms with van der Waals surface area (Å²) in [7, 11) is 0. The van der Waals surface area contributed by atoms with E-state index >= 15 is 0 Å². The molecule has 3 heterocycles. The second-order valence-electron chi connectivity index (χ2n) is 13.4. The van der Waals surface area contributed by atoms with Gasteiger partial charge in [-0.15, -0.1) is 0 Å². The van der Waals surface area contributed by atoms with E-state index < -0.39 is 53.1 Å². The van der Waals surface area contributed by atoms with Crippen LogP contribution in [0.3, 0.4) is 0 Å². The van der Waals surface area contributed by atoms with E-state index in [4.69, 9.17) is 4.74 Å². The van der Waals surface area contributed by atoms with Crippen molar-refractivity contribution in [2.24, 2.45) is 5.92 Å². The Balaban J connectivity index is 1.37. The van der Waals surface area contributed by atoms with Gasteiger partial charge in [0.25, 0.3) is 0 Å². The first-order valence-electron chi connectivity index (χ1n) is 15.5. The minimum absolute atomic E-state index is 0.0410. The fourth-order valence-electron chi connectivity index (χ4n) is 6.40. The summed E-state index contributed by atoms with van der Waals surface area (Å²) in [4.78, 5) is 69.2. The van der Waals surface area contributed by atoms with Crippen LogP contribution in [0, 0.1) is 5.92 Å². The molecule has 1 aliphatic carbocycles. The number of fused-ring (bicyclic) bond motifs is 3. The number of hydrogen-bond donors (Lipinski definition) is 4. The first kappa shape index (κ1) is 31.3. The normalized spacial score (nSPS) is 29.6. The average Bonchev–Trinajstić information content (AvgIpc) is 3.27. The fourth-order valence-corrected chi connectivity index (χ4v) is 6.40. The summed E-state index contributed by atoms with van der Waals surface area (Å²) in [6.07, 6.45) is 6.84. The van der Waals surface area contributed by atoms with Crippen molar-refractivity contribution < 1.29 is 33.8 Å². The second-order valence-corrected chi connectivity index (χ2v) is 13.4. The van der Waals surface area contributed by atoms with Gasteiger partial charge in [0.1, 0.15) is 23.2 Å². The highest BCUT2D eigenvalue weighted by Crippen LogP contribution is 2.45. The summed E-state index contributed by atoms with van der Waals surface area (Å²) in [6, 6.07) is 4.98. The molecule has 5 rings (SSSR count). The molecule has 0 unspecified atom stereocenters. The van der Waals surface area contributed by atoms with E-state index in [1.165, 1.54) is 4.90 Å². The number of urea groups is 1. The van der Waals surface area contributed by atoms with Gasteiger partial charge in [-0.3, -0.25) is 9.59 Å². The van der Waals surface area contributed by atoms with E-state index in [1.807, 2.05) is 36.4 Å². The van der Waals surface area contributed by atoms with E-state index in [-0.39, 0.29) is 31.3 Å². The molecule has 1 aromatic rings. The summed E-state index contributed by atoms with van der Waals surface area (Å²) in [5.74, 6) is -2.52. The Morgan fingerprint density at radius 2 is 1.75 bits per heavy atom. The lowest BCUT2D eigenvalue weighted by molar-refractivity contribution is -0.145. The minimum Gasteiger partial charge on any atom is -0.479 e. The number of alkyl carbamates (subject to hydrolysis) is 1. The number of ether oxygens (including phenoxy) is 1. The number of nitrogens with zero attached hydrogens (tertiary/aromatic N) is 2. The Kier molecular flexibility index (Phi) is 8.90. The van der Waals surface area contributed by atoms with Gasteiger partial charge in [-0.25, -0.2) is 14.4 Å². The molecule has 2 fully saturated rings. The molecule has 12 nitrogen and oxygen atoms in total. The van der Waals surface area contributed by atoms with Crippen molar-refractivity contribution in [1.29, 1.82) is 0 Å². The van der Waals surface area contributed by atoms with Gasteiger partial charge in [0.05, 0.1) is 6.04 Å². The standard InChI is InChI=1S/C32H43N5O7/c1-31(2,3)44-30(43)34-24-14-8-6-4-5-7-13-22-16-32(22,28(40)41)35-26(38)25-15-23(19-37(25)27(24)39)33-29(42)36-17-20-11-9-10-12-21(20)18-36/h7,9-13,22-25H,4-6,8,14-19H2,1-3H3,(H,33,42)(H,34,43)(H,35,38)(H,40,41)/b13-7+/t22-,23-,24+,25+,32-/m1/s1. The Bertz CT molecular complexity index is 1320. The topological polar surface area (TPSA) is 157 Å². The number of carboxylic acid groups (broad SMARTS) is 1. The number of carboxylic acids is 1. The van der Waals surface area contributed by atoms with Gasteiger partial charge in [-0.05, 0) is 64.0 Å². The summed E-state index contributed by atoms with van der Waals surface area (Å²) < 4.78 is 5.43. The quantitative estimate of drug-likeness (QED) is 0.384. The molecule has 0 radical (unpaired) electrons. The van der Waals surface area contributed by atoms with Crippen molar-refractivity contribution in [2.45, 2.75) is 108 Å². The minimum atomic E-state index is -1.43. The van der Waals surface area contributed by atoms with Gasteiger partial charge < -0.3 is 35.6 Å². The third-order valence-corrected chi connectivity index (χ3v) is 8.81. The molecule has 238 valence electrons. The Morgan fingerprint density at radius 1 is 1.05 bits per heavy atom. The molecule has 4 N–H and O–H groups in total. The molecule has 0 spiro atoms. The van der Waals surface area contributed by atoms with Crippen LogP contribution in [0.4, 0.5) is 9.59 Å². The van der Waals surface area contributed by atoms with E-state index in [1.54, 1.807) is 25.7 Å². The largest absolute Gasteiger partial charge is 0.479 e. The van der Waals surface area contributed by atoms with Crippen LogP contribution in [0.25, 0.3) is 0 Å². The highest BCUT2D eigenvalue weighted by molar-refractivity contribution is 5.96. The zero-order valence-corrected chi connectivity index (χ0v) is 25.6. The van der Waals surface area contributed by atoms with Crippen molar-refractivity contribution in [2.75, 3.05) is 6.54 Å². The zero-order valence-electron chi connectivity index (χ0n) is 25.6. The monoisotopic (exact) mass is 609 g/mol. The molecular weight excluding hydrogens is 566 g/mol. The van der Waals surface area contributed by atoms with Crippen LogP contribution in [-0.2, 0) is 32.2 Å². The van der Waals surface area contributed by atoms with Gasteiger partial charge in [0.2, 0.25) is 11.8 Å². The Hall–Kier alpha value is -4.09. The number of hydrogen-bond acceptors (Lipinski definition) is 6. The number of aliphatic carboxylic acids is 1. The lowest BCUT2D eigenvalue weighted by Gasteiger charge is -2.30. The lowest BCUT2D eigenvalue weighted by Crippen LogP contribution is -2.56. The predicted octanol–water partition coefficient (Wildman–Crippen LogP) is 3.05. The lowest BCUT2D eigenvalue weighted by atomic mass is 10.0. The first-order valence-corrected chi connectivity index (χ1v) is 15.5. The molecule has 5 atom stereocenters. The van der Waals surface area contributed by atoms with Gasteiger partial charge in [-0.2, -0.15) is 0 Å². The van der Waals surface area contributed by atoms with Crippen molar-refractivity contribution in [1.82, 2.24) is 25.8 Å². The summed E-state index contributed by atoms with van der Waals surface area (Å²) >= 11 is 0. The van der Waals surface area contributed by atoms with E-state index in [2.05, 4.69) is 16.0 Å². The molecule has 3 aliphatic heterocycles. The number of carbonyl (C=O) groups is 5. The van der Waals surface area contributed by atoms with Gasteiger partial charge in [0, 0.05) is 25.6 Å². The van der Waals surface area contributed by atoms with Gasteiger partial charge in [0.15, 0.2) is 0 Å². The molecular formula is C32H43N5O7. The fraction of sp³-hybridized carbons (Fsp3) is 0.594. The maximum atomic E-state index is 14.1. The Morgan fingerprint density at radius 3 is 2.41 bits per heavy atom. The molecule has 1 saturated heterocycles. The van der Waals surface area contributed by atoms with Crippen LogP contribution < -0.4 is 16.0 Å². The first-order chi connectivity index (χ1) is 20.9. The number of amides is 5. The summed E-state index contributed by atoms with van der Waals surface area (Å²) in [5.41, 5.74) is -0.0655. The SMILES string of the molecule is CC(C)(C)OC(=O)N[C@H]1CCCCC/C=C/[C@@H]2C[C@@]2(C(=O)O)NC(=O)[C@@H]2C[C@@H](NC(=O)N3Cc4ccccc4C3)CN2C1=O. The summed E-state index contributed by atoms with van der Waals surface area (Å²) in [6.45, 7) is 6.15. The average molecular weight is 610 g/mol. The van der Waals surface area contributed by atoms with Crippen molar-refractivity contribution in [3.05, 3.63) is 47.5 Å². The molecule has 1 aromatic carbocycles. The third-order valence-electron chi connectivity index (χ3n) is 8.81.